The molecule has 1 aliphatic heterocycles. The van der Waals surface area contributed by atoms with Crippen LogP contribution in [0.1, 0.15) is 57.8 Å². The first-order valence-electron chi connectivity index (χ1n) is 8.10. The molecule has 0 radical (unpaired) electrons. The highest BCUT2D eigenvalue weighted by Gasteiger charge is 2.33. The molecular weight excluding hydrogens is 276 g/mol. The summed E-state index contributed by atoms with van der Waals surface area (Å²) < 4.78 is 26.6. The summed E-state index contributed by atoms with van der Waals surface area (Å²) in [5, 5.41) is 2.86. The Hall–Kier alpha value is -0.910. The van der Waals surface area contributed by atoms with Crippen LogP contribution in [0.3, 0.4) is 0 Å². The summed E-state index contributed by atoms with van der Waals surface area (Å²) in [5.41, 5.74) is 6.03. The maximum atomic E-state index is 13.3. The van der Waals surface area contributed by atoms with Gasteiger partial charge in [-0.2, -0.15) is 0 Å². The Kier molecular flexibility index (Phi) is 5.41. The third-order valence-corrected chi connectivity index (χ3v) is 4.70. The minimum atomic E-state index is -2.63. The van der Waals surface area contributed by atoms with Gasteiger partial charge in [0.15, 0.2) is 0 Å². The summed E-state index contributed by atoms with van der Waals surface area (Å²) in [6.45, 7) is 0.966. The average Bonchev–Trinajstić information content (AvgIpc) is 2.75. The van der Waals surface area contributed by atoms with Crippen molar-refractivity contribution < 1.29 is 13.6 Å². The fourth-order valence-electron chi connectivity index (χ4n) is 3.24. The lowest BCUT2D eigenvalue weighted by Crippen LogP contribution is -2.52. The highest BCUT2D eigenvalue weighted by atomic mass is 19.3. The fraction of sp³-hybridized carbons (Fsp3) is 0.933. The van der Waals surface area contributed by atoms with Crippen LogP contribution in [0.25, 0.3) is 0 Å². The SMILES string of the molecule is NC1(CNC(=O)N2CCCC(F)(F)CC2)CCCCCC1. The Labute approximate surface area is 125 Å². The van der Waals surface area contributed by atoms with Crippen molar-refractivity contribution in [2.75, 3.05) is 19.6 Å². The first-order valence-corrected chi connectivity index (χ1v) is 8.10. The zero-order valence-corrected chi connectivity index (χ0v) is 12.7. The molecule has 6 heteroatoms. The minimum absolute atomic E-state index is 0.121. The van der Waals surface area contributed by atoms with Crippen LogP contribution >= 0.6 is 0 Å². The van der Waals surface area contributed by atoms with Crippen LogP contribution in [0.15, 0.2) is 0 Å². The number of nitrogens with two attached hydrogens (primary N) is 1. The van der Waals surface area contributed by atoms with Crippen LogP contribution in [0.2, 0.25) is 0 Å². The van der Waals surface area contributed by atoms with E-state index in [1.54, 1.807) is 0 Å². The van der Waals surface area contributed by atoms with Gasteiger partial charge in [0.2, 0.25) is 5.92 Å². The summed E-state index contributed by atoms with van der Waals surface area (Å²) in [4.78, 5) is 13.6. The molecule has 21 heavy (non-hydrogen) atoms. The monoisotopic (exact) mass is 303 g/mol. The molecule has 0 aromatic carbocycles. The van der Waals surface area contributed by atoms with Crippen molar-refractivity contribution in [3.63, 3.8) is 0 Å². The second-order valence-electron chi connectivity index (χ2n) is 6.63. The number of hydrogen-bond donors (Lipinski definition) is 2. The number of rotatable bonds is 2. The molecule has 2 amide bonds. The number of halogens is 2. The predicted molar refractivity (Wildman–Crippen MR) is 78.4 cm³/mol. The summed E-state index contributed by atoms with van der Waals surface area (Å²) in [6.07, 6.45) is 6.43. The molecule has 4 nitrogen and oxygen atoms in total. The van der Waals surface area contributed by atoms with Crippen molar-refractivity contribution in [3.05, 3.63) is 0 Å². The Morgan fingerprint density at radius 1 is 1.00 bits per heavy atom. The molecule has 2 aliphatic rings. The molecule has 2 rings (SSSR count). The number of nitrogens with zero attached hydrogens (tertiary/aromatic N) is 1. The number of urea groups is 1. The molecule has 1 saturated heterocycles. The zero-order chi connectivity index (χ0) is 15.3. The van der Waals surface area contributed by atoms with Gasteiger partial charge in [-0.3, -0.25) is 0 Å². The van der Waals surface area contributed by atoms with E-state index in [1.165, 1.54) is 17.7 Å². The van der Waals surface area contributed by atoms with Gasteiger partial charge < -0.3 is 16.0 Å². The Bertz CT molecular complexity index is 355. The van der Waals surface area contributed by atoms with E-state index in [2.05, 4.69) is 5.32 Å². The van der Waals surface area contributed by atoms with Crippen LogP contribution < -0.4 is 11.1 Å². The van der Waals surface area contributed by atoms with Gasteiger partial charge >= 0.3 is 6.03 Å². The van der Waals surface area contributed by atoms with Gasteiger partial charge in [-0.15, -0.1) is 0 Å². The van der Waals surface area contributed by atoms with E-state index >= 15 is 0 Å². The smallest absolute Gasteiger partial charge is 0.317 e. The maximum absolute atomic E-state index is 13.3. The number of nitrogens with one attached hydrogen (secondary N) is 1. The van der Waals surface area contributed by atoms with Gasteiger partial charge in [0.25, 0.3) is 0 Å². The van der Waals surface area contributed by atoms with Gasteiger partial charge in [-0.1, -0.05) is 25.7 Å². The van der Waals surface area contributed by atoms with Gasteiger partial charge in [0, 0.05) is 38.0 Å². The van der Waals surface area contributed by atoms with E-state index in [0.29, 0.717) is 19.5 Å². The molecule has 0 aromatic heterocycles. The van der Waals surface area contributed by atoms with Gasteiger partial charge in [0.1, 0.15) is 0 Å². The number of likely N-dealkylation sites (tertiary alicyclic amines) is 1. The van der Waals surface area contributed by atoms with Crippen LogP contribution in [0.4, 0.5) is 13.6 Å². The Morgan fingerprint density at radius 3 is 2.33 bits per heavy atom. The summed E-state index contributed by atoms with van der Waals surface area (Å²) in [6, 6.07) is -0.248. The van der Waals surface area contributed by atoms with Crippen molar-refractivity contribution in [1.82, 2.24) is 10.2 Å². The van der Waals surface area contributed by atoms with E-state index in [9.17, 15) is 13.6 Å². The van der Waals surface area contributed by atoms with Crippen molar-refractivity contribution in [2.24, 2.45) is 5.73 Å². The number of amides is 2. The Balaban J connectivity index is 1.81. The number of carbonyl (C=O) groups excluding carboxylic acids is 1. The quantitative estimate of drug-likeness (QED) is 0.771. The summed E-state index contributed by atoms with van der Waals surface area (Å²) >= 11 is 0. The van der Waals surface area contributed by atoms with Crippen molar-refractivity contribution in [1.29, 1.82) is 0 Å². The number of carbonyl (C=O) groups is 1. The molecule has 2 fully saturated rings. The van der Waals surface area contributed by atoms with E-state index in [4.69, 9.17) is 5.73 Å². The van der Waals surface area contributed by atoms with Crippen LogP contribution in [0, 0.1) is 0 Å². The van der Waals surface area contributed by atoms with Crippen molar-refractivity contribution in [2.45, 2.75) is 69.2 Å². The Morgan fingerprint density at radius 2 is 1.67 bits per heavy atom. The molecule has 0 atom stereocenters. The topological polar surface area (TPSA) is 58.4 Å². The molecule has 1 aliphatic carbocycles. The number of hydrogen-bond acceptors (Lipinski definition) is 2. The van der Waals surface area contributed by atoms with Gasteiger partial charge in [0.05, 0.1) is 0 Å². The lowest BCUT2D eigenvalue weighted by molar-refractivity contribution is -0.0122. The van der Waals surface area contributed by atoms with Gasteiger partial charge in [-0.05, 0) is 19.3 Å². The first-order chi connectivity index (χ1) is 9.90. The van der Waals surface area contributed by atoms with Crippen molar-refractivity contribution in [3.8, 4) is 0 Å². The highest BCUT2D eigenvalue weighted by Crippen LogP contribution is 2.28. The van der Waals surface area contributed by atoms with Crippen molar-refractivity contribution >= 4 is 6.03 Å². The molecule has 0 aromatic rings. The molecule has 3 N–H and O–H groups in total. The van der Waals surface area contributed by atoms with E-state index in [1.807, 2.05) is 0 Å². The third-order valence-electron chi connectivity index (χ3n) is 4.70. The predicted octanol–water partition coefficient (Wildman–Crippen LogP) is 2.87. The third kappa shape index (κ3) is 5.09. The highest BCUT2D eigenvalue weighted by molar-refractivity contribution is 5.74. The molecular formula is C15H27F2N3O. The second-order valence-corrected chi connectivity index (χ2v) is 6.63. The van der Waals surface area contributed by atoms with E-state index < -0.39 is 5.92 Å². The van der Waals surface area contributed by atoms with Crippen LogP contribution in [-0.4, -0.2) is 42.0 Å². The summed E-state index contributed by atoms with van der Waals surface area (Å²) in [7, 11) is 0. The molecule has 0 unspecified atom stereocenters. The van der Waals surface area contributed by atoms with Crippen LogP contribution in [-0.2, 0) is 0 Å². The summed E-state index contributed by atoms with van der Waals surface area (Å²) in [5.74, 6) is -2.63. The van der Waals surface area contributed by atoms with E-state index in [-0.39, 0.29) is 31.0 Å². The normalized spacial score (nSPS) is 25.8. The maximum Gasteiger partial charge on any atom is 0.317 e. The molecule has 122 valence electrons. The van der Waals surface area contributed by atoms with Gasteiger partial charge in [-0.25, -0.2) is 13.6 Å². The second kappa shape index (κ2) is 6.90. The lowest BCUT2D eigenvalue weighted by atomic mass is 9.91. The number of alkyl halides is 2. The van der Waals surface area contributed by atoms with Crippen LogP contribution in [0.5, 0.6) is 0 Å². The van der Waals surface area contributed by atoms with E-state index in [0.717, 1.165) is 25.7 Å². The standard InChI is InChI=1S/C15H27F2N3O/c16-15(17)8-5-10-20(11-9-15)13(21)19-12-14(18)6-3-1-2-4-7-14/h1-12,18H2,(H,19,21). The average molecular weight is 303 g/mol. The minimum Gasteiger partial charge on any atom is -0.336 e. The lowest BCUT2D eigenvalue weighted by Gasteiger charge is -2.30. The molecule has 1 heterocycles. The largest absolute Gasteiger partial charge is 0.336 e. The zero-order valence-electron chi connectivity index (χ0n) is 12.7. The first kappa shape index (κ1) is 16.5. The molecule has 0 spiro atoms. The molecule has 0 bridgehead atoms. The fourth-order valence-corrected chi connectivity index (χ4v) is 3.24. The molecule has 1 saturated carbocycles.